The zero-order chi connectivity index (χ0) is 37.5. The Morgan fingerprint density at radius 2 is 1.07 bits per heavy atom. The maximum Gasteiger partial charge on any atom is 0.135 e. The number of nitrogens with one attached hydrogen (secondary N) is 1. The number of terminal acetylenes is 1. The molecule has 1 N–H and O–H groups in total. The fraction of sp³-hybridized carbons (Fsp3) is 0.0577. The molecular weight excluding hydrogens is 655 g/mol. The molecule has 0 saturated heterocycles. The summed E-state index contributed by atoms with van der Waals surface area (Å²) in [5, 5.41) is 8.74. The lowest BCUT2D eigenvalue weighted by molar-refractivity contribution is 0.601. The van der Waals surface area contributed by atoms with Gasteiger partial charge in [-0.3, -0.25) is 0 Å². The molecule has 2 heteroatoms. The minimum Gasteiger partial charge on any atom is -0.456 e. The number of benzene rings is 7. The Bertz CT molecular complexity index is 2420. The highest BCUT2D eigenvalue weighted by molar-refractivity contribution is 6.00. The standard InChI is InChI=1S/C37H29NO.C13H12.C2H2/c1-26-35(39-36-20-10-18-32(25-38)37(26)36)19-8-11-27-21-22-33(29-14-6-3-7-15-29)34(23-27)31-17-9-16-30(24-31)28-12-4-2-5-13-28;1-3-7-12(8-4-1)11-13-9-5-2-6-10-13;1-2/h2-10,12-25,38H,11H2,1H3;1-10H,11H2;1-2H/b19-8-,38-25?;;. The molecule has 262 valence electrons. The minimum absolute atomic E-state index is 0.786. The number of hydrogen-bond acceptors (Lipinski definition) is 2. The summed E-state index contributed by atoms with van der Waals surface area (Å²) in [5.74, 6) is 0.844. The topological polar surface area (TPSA) is 37.0 Å². The number of allylic oxidation sites excluding steroid dienone is 1. The van der Waals surface area contributed by atoms with Crippen LogP contribution >= 0.6 is 0 Å². The van der Waals surface area contributed by atoms with Gasteiger partial charge in [0, 0.05) is 22.7 Å². The third kappa shape index (κ3) is 9.09. The van der Waals surface area contributed by atoms with E-state index in [0.29, 0.717) is 0 Å². The Morgan fingerprint density at radius 3 is 1.70 bits per heavy atom. The summed E-state index contributed by atoms with van der Waals surface area (Å²) in [6.45, 7) is 2.06. The van der Waals surface area contributed by atoms with E-state index < -0.39 is 0 Å². The van der Waals surface area contributed by atoms with Crippen molar-refractivity contribution in [3.8, 4) is 46.2 Å². The van der Waals surface area contributed by atoms with Gasteiger partial charge < -0.3 is 9.83 Å². The van der Waals surface area contributed by atoms with Crippen molar-refractivity contribution in [3.05, 3.63) is 222 Å². The average molecular weight is 698 g/mol. The molecule has 1 aromatic heterocycles. The van der Waals surface area contributed by atoms with Gasteiger partial charge in [-0.2, -0.15) is 0 Å². The number of rotatable bonds is 9. The van der Waals surface area contributed by atoms with Crippen LogP contribution in [0.25, 0.3) is 50.4 Å². The molecule has 0 unspecified atom stereocenters. The lowest BCUT2D eigenvalue weighted by Gasteiger charge is -2.14. The Morgan fingerprint density at radius 1 is 0.519 bits per heavy atom. The Kier molecular flexibility index (Phi) is 12.6. The maximum absolute atomic E-state index is 7.73. The van der Waals surface area contributed by atoms with Crippen LogP contribution in [0.3, 0.4) is 0 Å². The number of fused-ring (bicyclic) bond motifs is 1. The van der Waals surface area contributed by atoms with E-state index in [1.807, 2.05) is 18.2 Å². The first-order chi connectivity index (χ1) is 26.7. The van der Waals surface area contributed by atoms with Crippen LogP contribution in [0, 0.1) is 25.2 Å². The Labute approximate surface area is 319 Å². The SMILES string of the molecule is C#C.Cc1c(/C=C\Cc2ccc(-c3ccccc3)c(-c3cccc(-c4ccccc4)c3)c2)oc2cccc(C=N)c12.c1ccc(Cc2ccccc2)cc1. The highest BCUT2D eigenvalue weighted by Crippen LogP contribution is 2.35. The van der Waals surface area contributed by atoms with E-state index in [-0.39, 0.29) is 0 Å². The normalized spacial score (nSPS) is 10.6. The zero-order valence-corrected chi connectivity index (χ0v) is 30.5. The van der Waals surface area contributed by atoms with Gasteiger partial charge in [-0.15, -0.1) is 12.8 Å². The molecule has 0 aliphatic carbocycles. The van der Waals surface area contributed by atoms with Gasteiger partial charge >= 0.3 is 0 Å². The summed E-state index contributed by atoms with van der Waals surface area (Å²) < 4.78 is 6.11. The van der Waals surface area contributed by atoms with Gasteiger partial charge in [0.2, 0.25) is 0 Å². The third-order valence-electron chi connectivity index (χ3n) is 9.34. The summed E-state index contributed by atoms with van der Waals surface area (Å²) in [4.78, 5) is 0. The number of furan rings is 1. The lowest BCUT2D eigenvalue weighted by Crippen LogP contribution is -1.90. The molecule has 0 bridgehead atoms. The van der Waals surface area contributed by atoms with Crippen LogP contribution in [0.4, 0.5) is 0 Å². The van der Waals surface area contributed by atoms with Crippen molar-refractivity contribution in [2.24, 2.45) is 0 Å². The molecule has 8 rings (SSSR count). The van der Waals surface area contributed by atoms with Crippen molar-refractivity contribution in [2.45, 2.75) is 19.8 Å². The van der Waals surface area contributed by atoms with Crippen LogP contribution < -0.4 is 0 Å². The highest BCUT2D eigenvalue weighted by Gasteiger charge is 2.12. The lowest BCUT2D eigenvalue weighted by atomic mass is 9.90. The largest absolute Gasteiger partial charge is 0.456 e. The first-order valence-corrected chi connectivity index (χ1v) is 18.1. The summed E-state index contributed by atoms with van der Waals surface area (Å²) >= 11 is 0. The summed E-state index contributed by atoms with van der Waals surface area (Å²) in [6.07, 6.45) is 15.4. The minimum atomic E-state index is 0.786. The van der Waals surface area contributed by atoms with E-state index in [1.165, 1.54) is 56.3 Å². The van der Waals surface area contributed by atoms with Crippen LogP contribution in [-0.4, -0.2) is 6.21 Å². The fourth-order valence-corrected chi connectivity index (χ4v) is 6.68. The van der Waals surface area contributed by atoms with Crippen molar-refractivity contribution in [3.63, 3.8) is 0 Å². The molecule has 0 spiro atoms. The van der Waals surface area contributed by atoms with Crippen LogP contribution in [0.1, 0.15) is 33.6 Å². The highest BCUT2D eigenvalue weighted by atomic mass is 16.3. The summed E-state index contributed by atoms with van der Waals surface area (Å²) in [7, 11) is 0. The second-order valence-corrected chi connectivity index (χ2v) is 12.9. The van der Waals surface area contributed by atoms with E-state index in [1.54, 1.807) is 0 Å². The van der Waals surface area contributed by atoms with Crippen molar-refractivity contribution in [1.29, 1.82) is 5.41 Å². The molecule has 1 heterocycles. The van der Waals surface area contributed by atoms with E-state index in [9.17, 15) is 0 Å². The van der Waals surface area contributed by atoms with E-state index in [0.717, 1.165) is 40.7 Å². The summed E-state index contributed by atoms with van der Waals surface area (Å²) in [5.41, 5.74) is 14.0. The second-order valence-electron chi connectivity index (χ2n) is 12.9. The molecule has 0 amide bonds. The molecule has 0 radical (unpaired) electrons. The summed E-state index contributed by atoms with van der Waals surface area (Å²) in [6, 6.07) is 63.6. The predicted octanol–water partition coefficient (Wildman–Crippen LogP) is 13.5. The quantitative estimate of drug-likeness (QED) is 0.118. The average Bonchev–Trinajstić information content (AvgIpc) is 3.58. The molecule has 0 saturated carbocycles. The number of hydrogen-bond donors (Lipinski definition) is 1. The third-order valence-corrected chi connectivity index (χ3v) is 9.34. The van der Waals surface area contributed by atoms with Gasteiger partial charge in [0.15, 0.2) is 0 Å². The molecule has 8 aromatic rings. The molecular formula is C52H43NO. The van der Waals surface area contributed by atoms with E-state index >= 15 is 0 Å². The van der Waals surface area contributed by atoms with Crippen molar-refractivity contribution >= 4 is 23.3 Å². The smallest absolute Gasteiger partial charge is 0.135 e. The molecule has 2 nitrogen and oxygen atoms in total. The Hall–Kier alpha value is -6.95. The van der Waals surface area contributed by atoms with Gasteiger partial charge in [0.25, 0.3) is 0 Å². The van der Waals surface area contributed by atoms with Gasteiger partial charge in [-0.25, -0.2) is 0 Å². The molecule has 0 fully saturated rings. The molecule has 0 aliphatic rings. The molecule has 54 heavy (non-hydrogen) atoms. The second kappa shape index (κ2) is 18.5. The fourth-order valence-electron chi connectivity index (χ4n) is 6.68. The Balaban J connectivity index is 0.000000278. The zero-order valence-electron chi connectivity index (χ0n) is 30.5. The monoisotopic (exact) mass is 697 g/mol. The molecule has 0 atom stereocenters. The molecule has 7 aromatic carbocycles. The van der Waals surface area contributed by atoms with Crippen LogP contribution in [0.5, 0.6) is 0 Å². The van der Waals surface area contributed by atoms with Gasteiger partial charge in [-0.1, -0.05) is 176 Å². The van der Waals surface area contributed by atoms with Gasteiger partial charge in [0.05, 0.1) is 0 Å². The van der Waals surface area contributed by atoms with Crippen LogP contribution in [0.2, 0.25) is 0 Å². The van der Waals surface area contributed by atoms with E-state index in [4.69, 9.17) is 9.83 Å². The van der Waals surface area contributed by atoms with Crippen molar-refractivity contribution in [1.82, 2.24) is 0 Å². The van der Waals surface area contributed by atoms with Gasteiger partial charge in [0.1, 0.15) is 11.3 Å². The molecule has 0 aliphatic heterocycles. The van der Waals surface area contributed by atoms with E-state index in [2.05, 4.69) is 196 Å². The van der Waals surface area contributed by atoms with Crippen LogP contribution in [-0.2, 0) is 12.8 Å². The number of aryl methyl sites for hydroxylation is 1. The first-order valence-electron chi connectivity index (χ1n) is 18.1. The van der Waals surface area contributed by atoms with Gasteiger partial charge in [-0.05, 0) is 88.0 Å². The first kappa shape index (κ1) is 36.8. The van der Waals surface area contributed by atoms with Crippen molar-refractivity contribution in [2.75, 3.05) is 0 Å². The van der Waals surface area contributed by atoms with Crippen LogP contribution in [0.15, 0.2) is 192 Å². The maximum atomic E-state index is 7.73. The van der Waals surface area contributed by atoms with Crippen molar-refractivity contribution < 1.29 is 4.42 Å². The predicted molar refractivity (Wildman–Crippen MR) is 230 cm³/mol.